The number of nitrogens with two attached hydrogens (primary N) is 1. The first-order valence-electron chi connectivity index (χ1n) is 10.9. The molecule has 0 atom stereocenters. The average Bonchev–Trinajstić information content (AvgIpc) is 3.35. The number of primary amides is 1. The normalized spacial score (nSPS) is 18.5. The highest BCUT2D eigenvalue weighted by atomic mass is 16.5. The van der Waals surface area contributed by atoms with Gasteiger partial charge in [-0.2, -0.15) is 15.2 Å². The van der Waals surface area contributed by atoms with Crippen molar-refractivity contribution in [2.75, 3.05) is 0 Å². The number of carbonyl (C=O) groups excluding carboxylic acids is 2. The molecule has 0 saturated heterocycles. The molecule has 0 spiro atoms. The number of nitrogens with zero attached hydrogens (tertiary/aromatic N) is 5. The van der Waals surface area contributed by atoms with Crippen LogP contribution in [-0.2, 0) is 7.05 Å². The van der Waals surface area contributed by atoms with E-state index in [9.17, 15) is 9.59 Å². The fourth-order valence-corrected chi connectivity index (χ4v) is 4.45. The Bertz CT molecular complexity index is 1370. The molecule has 3 N–H and O–H groups in total. The number of fused-ring (bicyclic) bond motifs is 2. The average molecular weight is 447 g/mol. The molecule has 0 unspecified atom stereocenters. The minimum Gasteiger partial charge on any atom is -0.474 e. The van der Waals surface area contributed by atoms with Crippen LogP contribution in [0.25, 0.3) is 16.6 Å². The number of carbonyl (C=O) groups is 2. The van der Waals surface area contributed by atoms with Gasteiger partial charge in [0.2, 0.25) is 5.88 Å². The highest BCUT2D eigenvalue weighted by Gasteiger charge is 2.27. The minimum absolute atomic E-state index is 0.0433. The molecule has 4 aromatic rings. The van der Waals surface area contributed by atoms with Gasteiger partial charge in [-0.25, -0.2) is 4.52 Å². The molecular formula is C23H25N7O3. The summed E-state index contributed by atoms with van der Waals surface area (Å²) in [7, 11) is 1.80. The Morgan fingerprint density at radius 1 is 1.18 bits per heavy atom. The lowest BCUT2D eigenvalue weighted by molar-refractivity contribution is 0.0883. The first kappa shape index (κ1) is 20.9. The molecule has 170 valence electrons. The molecule has 33 heavy (non-hydrogen) atoms. The van der Waals surface area contributed by atoms with Gasteiger partial charge in [-0.3, -0.25) is 14.3 Å². The molecule has 1 aliphatic rings. The predicted octanol–water partition coefficient (Wildman–Crippen LogP) is 2.14. The van der Waals surface area contributed by atoms with Crippen molar-refractivity contribution in [2.45, 2.75) is 44.8 Å². The lowest BCUT2D eigenvalue weighted by atomic mass is 9.92. The second-order valence-corrected chi connectivity index (χ2v) is 8.44. The first-order valence-corrected chi connectivity index (χ1v) is 10.9. The third kappa shape index (κ3) is 3.88. The highest BCUT2D eigenvalue weighted by Crippen LogP contribution is 2.28. The van der Waals surface area contributed by atoms with Crippen LogP contribution in [0.2, 0.25) is 0 Å². The molecule has 5 rings (SSSR count). The van der Waals surface area contributed by atoms with Crippen LogP contribution in [0.5, 0.6) is 5.88 Å². The van der Waals surface area contributed by atoms with Crippen LogP contribution in [0.4, 0.5) is 0 Å². The Labute approximate surface area is 189 Å². The molecule has 0 bridgehead atoms. The maximum atomic E-state index is 12.8. The molecule has 2 amide bonds. The number of hydrogen-bond donors (Lipinski definition) is 2. The zero-order chi connectivity index (χ0) is 23.1. The van der Waals surface area contributed by atoms with Crippen LogP contribution in [-0.4, -0.2) is 48.3 Å². The van der Waals surface area contributed by atoms with E-state index < -0.39 is 5.91 Å². The maximum Gasteiger partial charge on any atom is 0.255 e. The quantitative estimate of drug-likeness (QED) is 0.482. The molecule has 10 heteroatoms. The molecule has 4 aromatic heterocycles. The van der Waals surface area contributed by atoms with Crippen LogP contribution < -0.4 is 15.8 Å². The number of nitrogens with one attached hydrogen (secondary N) is 1. The van der Waals surface area contributed by atoms with Gasteiger partial charge in [-0.15, -0.1) is 0 Å². The van der Waals surface area contributed by atoms with E-state index in [4.69, 9.17) is 10.5 Å². The van der Waals surface area contributed by atoms with Crippen LogP contribution in [0.1, 0.15) is 52.1 Å². The molecule has 10 nitrogen and oxygen atoms in total. The molecule has 0 aliphatic heterocycles. The van der Waals surface area contributed by atoms with E-state index in [0.717, 1.165) is 42.3 Å². The summed E-state index contributed by atoms with van der Waals surface area (Å²) in [6, 6.07) is 7.37. The number of aryl methyl sites for hydroxylation is 2. The summed E-state index contributed by atoms with van der Waals surface area (Å²) in [5.41, 5.74) is 8.59. The van der Waals surface area contributed by atoms with Gasteiger partial charge in [0.1, 0.15) is 11.7 Å². The van der Waals surface area contributed by atoms with E-state index in [1.807, 2.05) is 31.3 Å². The van der Waals surface area contributed by atoms with Crippen molar-refractivity contribution in [1.82, 2.24) is 29.7 Å². The van der Waals surface area contributed by atoms with Crippen LogP contribution in [0.3, 0.4) is 0 Å². The lowest BCUT2D eigenvalue weighted by Crippen LogP contribution is -2.39. The Balaban J connectivity index is 1.26. The van der Waals surface area contributed by atoms with E-state index in [1.54, 1.807) is 28.5 Å². The molecular weight excluding hydrogens is 422 g/mol. The van der Waals surface area contributed by atoms with Crippen molar-refractivity contribution in [3.05, 3.63) is 53.5 Å². The van der Waals surface area contributed by atoms with Gasteiger partial charge < -0.3 is 15.8 Å². The Morgan fingerprint density at radius 2 is 1.97 bits per heavy atom. The molecule has 4 heterocycles. The summed E-state index contributed by atoms with van der Waals surface area (Å²) in [4.78, 5) is 29.3. The van der Waals surface area contributed by atoms with Crippen molar-refractivity contribution in [3.63, 3.8) is 0 Å². The first-order chi connectivity index (χ1) is 15.9. The zero-order valence-corrected chi connectivity index (χ0v) is 18.5. The zero-order valence-electron chi connectivity index (χ0n) is 18.5. The third-order valence-corrected chi connectivity index (χ3v) is 6.19. The van der Waals surface area contributed by atoms with E-state index in [2.05, 4.69) is 20.5 Å². The predicted molar refractivity (Wildman–Crippen MR) is 121 cm³/mol. The lowest BCUT2D eigenvalue weighted by Gasteiger charge is -2.29. The van der Waals surface area contributed by atoms with Crippen molar-refractivity contribution in [3.8, 4) is 5.88 Å². The smallest absolute Gasteiger partial charge is 0.255 e. The summed E-state index contributed by atoms with van der Waals surface area (Å²) >= 11 is 0. The van der Waals surface area contributed by atoms with E-state index in [-0.39, 0.29) is 29.5 Å². The van der Waals surface area contributed by atoms with Gasteiger partial charge >= 0.3 is 0 Å². The summed E-state index contributed by atoms with van der Waals surface area (Å²) in [6.07, 6.45) is 6.25. The molecule has 0 radical (unpaired) electrons. The topological polar surface area (TPSA) is 129 Å². The summed E-state index contributed by atoms with van der Waals surface area (Å²) < 4.78 is 9.47. The highest BCUT2D eigenvalue weighted by molar-refractivity contribution is 6.00. The fraction of sp³-hybridized carbons (Fsp3) is 0.348. The molecule has 1 saturated carbocycles. The summed E-state index contributed by atoms with van der Waals surface area (Å²) in [5.74, 6) is -0.482. The summed E-state index contributed by atoms with van der Waals surface area (Å²) in [6.45, 7) is 1.86. The van der Waals surface area contributed by atoms with Gasteiger partial charge in [-0.05, 0) is 50.8 Å². The standard InChI is InChI=1S/C23H25N7O3/c1-13-16-11-17(20(24)31)23(27-21(16)29(2)28-13)33-15-8-6-14(7-9-15)26-22(32)18-12-25-30-10-4-3-5-19(18)30/h3-5,10-12,14-15H,6-9H2,1-2H3,(H2,24,31)(H,26,32). The van der Waals surface area contributed by atoms with Gasteiger partial charge in [0.05, 0.1) is 23.0 Å². The third-order valence-electron chi connectivity index (χ3n) is 6.19. The largest absolute Gasteiger partial charge is 0.474 e. The number of hydrogen-bond acceptors (Lipinski definition) is 6. The number of pyridine rings is 2. The Hall–Kier alpha value is -3.95. The monoisotopic (exact) mass is 447 g/mol. The van der Waals surface area contributed by atoms with Gasteiger partial charge in [0.15, 0.2) is 5.65 Å². The molecule has 1 fully saturated rings. The maximum absolute atomic E-state index is 12.8. The SMILES string of the molecule is Cc1nn(C)c2nc(OC3CCC(NC(=O)c4cnn5ccccc45)CC3)c(C(N)=O)cc12. The Kier molecular flexibility index (Phi) is 5.20. The van der Waals surface area contributed by atoms with Gasteiger partial charge in [0, 0.05) is 24.7 Å². The number of amides is 2. The Morgan fingerprint density at radius 3 is 2.73 bits per heavy atom. The number of rotatable bonds is 5. The fourth-order valence-electron chi connectivity index (χ4n) is 4.45. The van der Waals surface area contributed by atoms with Crippen molar-refractivity contribution < 1.29 is 14.3 Å². The van der Waals surface area contributed by atoms with Gasteiger partial charge in [0.25, 0.3) is 11.8 Å². The number of aromatic nitrogens is 5. The van der Waals surface area contributed by atoms with E-state index in [0.29, 0.717) is 11.2 Å². The van der Waals surface area contributed by atoms with E-state index >= 15 is 0 Å². The number of ether oxygens (including phenoxy) is 1. The van der Waals surface area contributed by atoms with Crippen molar-refractivity contribution in [2.24, 2.45) is 12.8 Å². The van der Waals surface area contributed by atoms with Crippen molar-refractivity contribution in [1.29, 1.82) is 0 Å². The van der Waals surface area contributed by atoms with Crippen molar-refractivity contribution >= 4 is 28.4 Å². The molecule has 0 aromatic carbocycles. The minimum atomic E-state index is -0.586. The van der Waals surface area contributed by atoms with Gasteiger partial charge in [-0.1, -0.05) is 6.07 Å². The van der Waals surface area contributed by atoms with Crippen LogP contribution in [0, 0.1) is 6.92 Å². The van der Waals surface area contributed by atoms with E-state index in [1.165, 1.54) is 0 Å². The second kappa shape index (κ2) is 8.19. The summed E-state index contributed by atoms with van der Waals surface area (Å²) in [5, 5.41) is 12.5. The van der Waals surface area contributed by atoms with Crippen LogP contribution in [0.15, 0.2) is 36.7 Å². The molecule has 1 aliphatic carbocycles. The second-order valence-electron chi connectivity index (χ2n) is 8.44. The van der Waals surface area contributed by atoms with Crippen LogP contribution >= 0.6 is 0 Å².